The highest BCUT2D eigenvalue weighted by Gasteiger charge is 2.33. The second-order valence-corrected chi connectivity index (χ2v) is 7.63. The van der Waals surface area contributed by atoms with Gasteiger partial charge in [0.1, 0.15) is 11.5 Å². The number of nitrogens with zero attached hydrogens (tertiary/aromatic N) is 1. The molecule has 0 amide bonds. The first-order chi connectivity index (χ1) is 15.8. The van der Waals surface area contributed by atoms with Crippen molar-refractivity contribution in [1.29, 1.82) is 0 Å². The maximum atomic E-state index is 13.5. The second-order valence-electron chi connectivity index (χ2n) is 7.63. The molecule has 4 nitrogen and oxygen atoms in total. The number of para-hydroxylation sites is 1. The zero-order valence-corrected chi connectivity index (χ0v) is 18.5. The molecule has 0 aliphatic heterocycles. The molecule has 0 spiro atoms. The van der Waals surface area contributed by atoms with Gasteiger partial charge in [0.15, 0.2) is 0 Å². The summed E-state index contributed by atoms with van der Waals surface area (Å²) in [7, 11) is 3.20. The van der Waals surface area contributed by atoms with Crippen molar-refractivity contribution in [2.24, 2.45) is 0 Å². The van der Waals surface area contributed by atoms with Gasteiger partial charge in [0.25, 0.3) is 0 Å². The minimum atomic E-state index is -4.47. The van der Waals surface area contributed by atoms with Crippen molar-refractivity contribution in [2.45, 2.75) is 19.6 Å². The second kappa shape index (κ2) is 9.02. The molecule has 0 aliphatic rings. The summed E-state index contributed by atoms with van der Waals surface area (Å²) in [5.74, 6) is 1.41. The first-order valence-electron chi connectivity index (χ1n) is 10.3. The molecule has 0 bridgehead atoms. The Kier molecular flexibility index (Phi) is 6.14. The lowest BCUT2D eigenvalue weighted by Crippen LogP contribution is -2.07. The van der Waals surface area contributed by atoms with Crippen molar-refractivity contribution in [3.05, 3.63) is 83.6 Å². The van der Waals surface area contributed by atoms with E-state index < -0.39 is 11.7 Å². The van der Waals surface area contributed by atoms with Crippen LogP contribution >= 0.6 is 0 Å². The summed E-state index contributed by atoms with van der Waals surface area (Å²) >= 11 is 0. The van der Waals surface area contributed by atoms with Gasteiger partial charge in [-0.25, -0.2) is 0 Å². The van der Waals surface area contributed by atoms with Gasteiger partial charge >= 0.3 is 6.18 Å². The molecule has 7 heteroatoms. The molecule has 0 unspecified atom stereocenters. The molecular formula is C26H23F3N2O2. The van der Waals surface area contributed by atoms with Gasteiger partial charge in [0.2, 0.25) is 0 Å². The van der Waals surface area contributed by atoms with Crippen molar-refractivity contribution >= 4 is 16.6 Å². The first kappa shape index (κ1) is 22.5. The van der Waals surface area contributed by atoms with Crippen LogP contribution in [0.3, 0.4) is 0 Å². The molecule has 1 heterocycles. The van der Waals surface area contributed by atoms with Crippen LogP contribution in [0.1, 0.15) is 16.7 Å². The van der Waals surface area contributed by atoms with E-state index in [1.54, 1.807) is 20.3 Å². The number of aromatic nitrogens is 1. The number of methoxy groups -OCH3 is 2. The Morgan fingerprint density at radius 1 is 0.939 bits per heavy atom. The van der Waals surface area contributed by atoms with Crippen molar-refractivity contribution < 1.29 is 22.6 Å². The van der Waals surface area contributed by atoms with E-state index in [4.69, 9.17) is 9.47 Å². The van der Waals surface area contributed by atoms with Gasteiger partial charge in [-0.3, -0.25) is 4.98 Å². The largest absolute Gasteiger partial charge is 0.497 e. The Balaban J connectivity index is 1.70. The van der Waals surface area contributed by atoms with E-state index in [1.807, 2.05) is 49.4 Å². The van der Waals surface area contributed by atoms with Gasteiger partial charge in [-0.2, -0.15) is 13.2 Å². The molecule has 3 aromatic carbocycles. The van der Waals surface area contributed by atoms with E-state index in [1.165, 1.54) is 12.3 Å². The minimum absolute atomic E-state index is 0.0491. The zero-order valence-electron chi connectivity index (χ0n) is 18.5. The van der Waals surface area contributed by atoms with Gasteiger partial charge in [-0.05, 0) is 53.9 Å². The average Bonchev–Trinajstić information content (AvgIpc) is 2.81. The summed E-state index contributed by atoms with van der Waals surface area (Å²) in [5.41, 5.74) is 3.35. The Labute approximate surface area is 190 Å². The minimum Gasteiger partial charge on any atom is -0.497 e. The molecule has 33 heavy (non-hydrogen) atoms. The van der Waals surface area contributed by atoms with Crippen LogP contribution < -0.4 is 14.8 Å². The molecule has 4 rings (SSSR count). The topological polar surface area (TPSA) is 43.4 Å². The van der Waals surface area contributed by atoms with E-state index in [0.717, 1.165) is 34.0 Å². The van der Waals surface area contributed by atoms with Gasteiger partial charge in [0, 0.05) is 35.4 Å². The van der Waals surface area contributed by atoms with E-state index in [9.17, 15) is 13.2 Å². The Morgan fingerprint density at radius 3 is 2.45 bits per heavy atom. The predicted molar refractivity (Wildman–Crippen MR) is 124 cm³/mol. The number of anilines is 1. The normalized spacial score (nSPS) is 11.5. The van der Waals surface area contributed by atoms with Gasteiger partial charge in [-0.15, -0.1) is 0 Å². The number of rotatable bonds is 6. The highest BCUT2D eigenvalue weighted by molar-refractivity contribution is 5.98. The third kappa shape index (κ3) is 4.58. The van der Waals surface area contributed by atoms with Crippen LogP contribution in [0, 0.1) is 6.92 Å². The molecule has 170 valence electrons. The van der Waals surface area contributed by atoms with E-state index in [-0.39, 0.29) is 5.52 Å². The SMILES string of the molecule is COc1ccc(CNc2cccc(-c3c(C)cnc4c(C(F)(F)F)cccc34)c2)c(OC)c1. The number of nitrogens with one attached hydrogen (secondary N) is 1. The lowest BCUT2D eigenvalue weighted by Gasteiger charge is -2.16. The predicted octanol–water partition coefficient (Wildman–Crippen LogP) is 6.86. The standard InChI is InChI=1S/C26H23F3N2O2/c1-16-14-31-25-21(8-5-9-22(25)26(27,28)29)24(16)17-6-4-7-19(12-17)30-15-18-10-11-20(32-2)13-23(18)33-3/h4-14,30H,15H2,1-3H3. The molecular weight excluding hydrogens is 429 g/mol. The van der Waals surface area contributed by atoms with E-state index in [2.05, 4.69) is 10.3 Å². The Bertz CT molecular complexity index is 1300. The Morgan fingerprint density at radius 2 is 1.73 bits per heavy atom. The van der Waals surface area contributed by atoms with E-state index >= 15 is 0 Å². The van der Waals surface area contributed by atoms with Crippen molar-refractivity contribution in [3.63, 3.8) is 0 Å². The highest BCUT2D eigenvalue weighted by atomic mass is 19.4. The van der Waals surface area contributed by atoms with Crippen LogP contribution in [-0.2, 0) is 12.7 Å². The molecule has 0 fully saturated rings. The van der Waals surface area contributed by atoms with Crippen LogP contribution in [0.15, 0.2) is 66.9 Å². The molecule has 1 aromatic heterocycles. The molecule has 0 radical (unpaired) electrons. The summed E-state index contributed by atoms with van der Waals surface area (Å²) in [5, 5.41) is 3.84. The lowest BCUT2D eigenvalue weighted by atomic mass is 9.95. The Hall–Kier alpha value is -3.74. The molecule has 0 saturated heterocycles. The van der Waals surface area contributed by atoms with Crippen LogP contribution in [0.25, 0.3) is 22.0 Å². The van der Waals surface area contributed by atoms with Crippen LogP contribution in [-0.4, -0.2) is 19.2 Å². The summed E-state index contributed by atoms with van der Waals surface area (Å²) in [6.07, 6.45) is -2.98. The number of alkyl halides is 3. The number of hydrogen-bond acceptors (Lipinski definition) is 4. The highest BCUT2D eigenvalue weighted by Crippen LogP contribution is 2.38. The fourth-order valence-electron chi connectivity index (χ4n) is 3.91. The number of halogens is 3. The average molecular weight is 452 g/mol. The van der Waals surface area contributed by atoms with Crippen molar-refractivity contribution in [2.75, 3.05) is 19.5 Å². The smallest absolute Gasteiger partial charge is 0.418 e. The van der Waals surface area contributed by atoms with Crippen LogP contribution in [0.2, 0.25) is 0 Å². The molecule has 1 N–H and O–H groups in total. The lowest BCUT2D eigenvalue weighted by molar-refractivity contribution is -0.136. The summed E-state index contributed by atoms with van der Waals surface area (Å²) in [6.45, 7) is 2.36. The third-order valence-corrected chi connectivity index (χ3v) is 5.52. The number of ether oxygens (including phenoxy) is 2. The summed E-state index contributed by atoms with van der Waals surface area (Å²) in [6, 6.07) is 17.4. The van der Waals surface area contributed by atoms with Gasteiger partial charge in [-0.1, -0.05) is 24.3 Å². The number of aryl methyl sites for hydroxylation is 1. The fourth-order valence-corrected chi connectivity index (χ4v) is 3.91. The third-order valence-electron chi connectivity index (χ3n) is 5.52. The first-order valence-corrected chi connectivity index (χ1v) is 10.3. The van der Waals surface area contributed by atoms with E-state index in [0.29, 0.717) is 23.4 Å². The number of hydrogen-bond donors (Lipinski definition) is 1. The number of benzene rings is 3. The molecule has 4 aromatic rings. The fraction of sp³-hybridized carbons (Fsp3) is 0.192. The maximum Gasteiger partial charge on any atom is 0.418 e. The maximum absolute atomic E-state index is 13.5. The summed E-state index contributed by atoms with van der Waals surface area (Å²) < 4.78 is 51.3. The monoisotopic (exact) mass is 452 g/mol. The van der Waals surface area contributed by atoms with Crippen molar-refractivity contribution in [1.82, 2.24) is 4.98 Å². The number of pyridine rings is 1. The number of fused-ring (bicyclic) bond motifs is 1. The summed E-state index contributed by atoms with van der Waals surface area (Å²) in [4.78, 5) is 4.11. The van der Waals surface area contributed by atoms with Crippen LogP contribution in [0.5, 0.6) is 11.5 Å². The molecule has 0 aliphatic carbocycles. The van der Waals surface area contributed by atoms with Crippen molar-refractivity contribution in [3.8, 4) is 22.6 Å². The van der Waals surface area contributed by atoms with Gasteiger partial charge in [0.05, 0.1) is 25.3 Å². The molecule has 0 atom stereocenters. The van der Waals surface area contributed by atoms with Crippen LogP contribution in [0.4, 0.5) is 18.9 Å². The quantitative estimate of drug-likeness (QED) is 0.347. The van der Waals surface area contributed by atoms with Gasteiger partial charge < -0.3 is 14.8 Å². The zero-order chi connectivity index (χ0) is 23.6. The molecule has 0 saturated carbocycles.